The van der Waals surface area contributed by atoms with E-state index in [1.165, 1.54) is 12.4 Å². The molecule has 2 aromatic heterocycles. The first-order chi connectivity index (χ1) is 15.2. The van der Waals surface area contributed by atoms with Crippen LogP contribution < -0.4 is 15.0 Å². The Morgan fingerprint density at radius 3 is 3.00 bits per heavy atom. The zero-order valence-corrected chi connectivity index (χ0v) is 16.4. The first-order valence-corrected chi connectivity index (χ1v) is 9.96. The number of fused-ring (bicyclic) bond motifs is 3. The molecule has 0 unspecified atom stereocenters. The van der Waals surface area contributed by atoms with Crippen LogP contribution in [0.1, 0.15) is 27.0 Å². The molecule has 0 saturated carbocycles. The number of halogens is 1. The molecule has 6 rings (SSSR count). The van der Waals surface area contributed by atoms with Crippen LogP contribution in [-0.4, -0.2) is 32.1 Å². The molecule has 0 radical (unpaired) electrons. The minimum absolute atomic E-state index is 0.0927. The molecule has 0 saturated heterocycles. The molecular weight excluding hydrogens is 399 g/mol. The number of ether oxygens (including phenoxy) is 1. The molecule has 154 valence electrons. The van der Waals surface area contributed by atoms with Crippen LogP contribution in [0.4, 0.5) is 16.0 Å². The van der Waals surface area contributed by atoms with Gasteiger partial charge in [0.05, 0.1) is 19.3 Å². The summed E-state index contributed by atoms with van der Waals surface area (Å²) < 4.78 is 21.7. The van der Waals surface area contributed by atoms with Crippen molar-refractivity contribution in [3.63, 3.8) is 0 Å². The molecule has 1 amide bonds. The monoisotopic (exact) mass is 416 g/mol. The lowest BCUT2D eigenvalue weighted by atomic mass is 10.0. The number of nitrogens with zero attached hydrogens (tertiary/aromatic N) is 5. The van der Waals surface area contributed by atoms with Crippen LogP contribution in [0.5, 0.6) is 5.75 Å². The molecule has 0 aliphatic carbocycles. The molecule has 2 aromatic carbocycles. The van der Waals surface area contributed by atoms with Gasteiger partial charge in [-0.2, -0.15) is 0 Å². The van der Waals surface area contributed by atoms with Gasteiger partial charge in [-0.3, -0.25) is 9.69 Å². The summed E-state index contributed by atoms with van der Waals surface area (Å²) in [6.07, 6.45) is 3.80. The van der Waals surface area contributed by atoms with Crippen LogP contribution in [-0.2, 0) is 19.5 Å². The van der Waals surface area contributed by atoms with Gasteiger partial charge in [0.25, 0.3) is 5.91 Å². The summed E-state index contributed by atoms with van der Waals surface area (Å²) in [6, 6.07) is 10.6. The minimum atomic E-state index is -0.284. The number of nitrogens with one attached hydrogen (secondary N) is 1. The largest absolute Gasteiger partial charge is 0.493 e. The van der Waals surface area contributed by atoms with E-state index in [-0.39, 0.29) is 18.3 Å². The quantitative estimate of drug-likeness (QED) is 0.551. The van der Waals surface area contributed by atoms with Gasteiger partial charge in [0, 0.05) is 29.7 Å². The average molecular weight is 416 g/mol. The first-order valence-electron chi connectivity index (χ1n) is 9.96. The van der Waals surface area contributed by atoms with Gasteiger partial charge >= 0.3 is 0 Å². The fourth-order valence-corrected chi connectivity index (χ4v) is 4.25. The summed E-state index contributed by atoms with van der Waals surface area (Å²) >= 11 is 0. The standard InChI is InChI=1S/C22H17FN6O2/c23-17-5-6-19-15(7-8-31-19)16(17)9-24-22-25-10-18(20-27-26-12-29(20)22)28-11-13-3-1-2-4-14(13)21(28)30/h1-6,10,12H,7-9,11H2,(H,24,25). The Hall–Kier alpha value is -4.01. The van der Waals surface area contributed by atoms with E-state index in [0.717, 1.165) is 16.9 Å². The second-order valence-corrected chi connectivity index (χ2v) is 7.49. The summed E-state index contributed by atoms with van der Waals surface area (Å²) in [5.74, 6) is 0.811. The summed E-state index contributed by atoms with van der Waals surface area (Å²) in [7, 11) is 0. The van der Waals surface area contributed by atoms with E-state index in [2.05, 4.69) is 20.5 Å². The fourth-order valence-electron chi connectivity index (χ4n) is 4.25. The third-order valence-electron chi connectivity index (χ3n) is 5.79. The normalized spacial score (nSPS) is 14.6. The second-order valence-electron chi connectivity index (χ2n) is 7.49. The number of aromatic nitrogens is 4. The Kier molecular flexibility index (Phi) is 3.89. The third-order valence-corrected chi connectivity index (χ3v) is 5.79. The van der Waals surface area contributed by atoms with E-state index in [1.807, 2.05) is 24.3 Å². The average Bonchev–Trinajstić information content (AvgIpc) is 3.52. The molecule has 4 aromatic rings. The number of hydrogen-bond acceptors (Lipinski definition) is 6. The van der Waals surface area contributed by atoms with Gasteiger partial charge in [-0.05, 0) is 23.8 Å². The smallest absolute Gasteiger partial charge is 0.259 e. The van der Waals surface area contributed by atoms with Crippen molar-refractivity contribution in [3.05, 3.63) is 77.0 Å². The fraction of sp³-hybridized carbons (Fsp3) is 0.182. The summed E-state index contributed by atoms with van der Waals surface area (Å²) in [5, 5.41) is 11.4. The number of benzene rings is 2. The number of rotatable bonds is 4. The van der Waals surface area contributed by atoms with Crippen LogP contribution >= 0.6 is 0 Å². The SMILES string of the molecule is O=C1c2ccccc2CN1c1cnc(NCc2c(F)ccc3c2CCO3)n2cnnc12. The topological polar surface area (TPSA) is 84.7 Å². The Balaban J connectivity index is 1.32. The van der Waals surface area contributed by atoms with E-state index in [0.29, 0.717) is 48.0 Å². The second kappa shape index (κ2) is 6.76. The molecule has 31 heavy (non-hydrogen) atoms. The van der Waals surface area contributed by atoms with Crippen molar-refractivity contribution in [2.75, 3.05) is 16.8 Å². The Morgan fingerprint density at radius 2 is 2.10 bits per heavy atom. The maximum Gasteiger partial charge on any atom is 0.259 e. The zero-order valence-electron chi connectivity index (χ0n) is 16.4. The van der Waals surface area contributed by atoms with Gasteiger partial charge in [0.1, 0.15) is 23.6 Å². The molecule has 0 fully saturated rings. The molecular formula is C22H17FN6O2. The van der Waals surface area contributed by atoms with Gasteiger partial charge in [-0.1, -0.05) is 18.2 Å². The molecule has 1 N–H and O–H groups in total. The molecule has 0 atom stereocenters. The van der Waals surface area contributed by atoms with Crippen molar-refractivity contribution < 1.29 is 13.9 Å². The van der Waals surface area contributed by atoms with Crippen molar-refractivity contribution >= 4 is 23.2 Å². The highest BCUT2D eigenvalue weighted by Gasteiger charge is 2.30. The Labute approximate surface area is 176 Å². The molecule has 0 bridgehead atoms. The van der Waals surface area contributed by atoms with Crippen LogP contribution in [0.25, 0.3) is 5.65 Å². The molecule has 2 aliphatic rings. The van der Waals surface area contributed by atoms with Crippen LogP contribution in [0.15, 0.2) is 48.9 Å². The van der Waals surface area contributed by atoms with Gasteiger partial charge in [-0.15, -0.1) is 10.2 Å². The van der Waals surface area contributed by atoms with Crippen molar-refractivity contribution in [1.29, 1.82) is 0 Å². The highest BCUT2D eigenvalue weighted by molar-refractivity contribution is 6.11. The van der Waals surface area contributed by atoms with Gasteiger partial charge < -0.3 is 10.1 Å². The summed E-state index contributed by atoms with van der Waals surface area (Å²) in [5.41, 5.74) is 4.16. The predicted octanol–water partition coefficient (Wildman–Crippen LogP) is 2.97. The molecule has 4 heterocycles. The number of carbonyl (C=O) groups excluding carboxylic acids is 1. The first kappa shape index (κ1) is 17.8. The van der Waals surface area contributed by atoms with E-state index < -0.39 is 0 Å². The van der Waals surface area contributed by atoms with Crippen LogP contribution in [0.2, 0.25) is 0 Å². The number of hydrogen-bond donors (Lipinski definition) is 1. The van der Waals surface area contributed by atoms with E-state index in [9.17, 15) is 9.18 Å². The van der Waals surface area contributed by atoms with E-state index >= 15 is 0 Å². The molecule has 0 spiro atoms. The van der Waals surface area contributed by atoms with E-state index in [4.69, 9.17) is 4.74 Å². The molecule has 8 nitrogen and oxygen atoms in total. The highest BCUT2D eigenvalue weighted by atomic mass is 19.1. The number of amides is 1. The van der Waals surface area contributed by atoms with E-state index in [1.54, 1.807) is 21.6 Å². The zero-order chi connectivity index (χ0) is 20.9. The third kappa shape index (κ3) is 2.73. The van der Waals surface area contributed by atoms with Gasteiger partial charge in [-0.25, -0.2) is 13.8 Å². The molecule has 2 aliphatic heterocycles. The van der Waals surface area contributed by atoms with Crippen molar-refractivity contribution in [2.24, 2.45) is 0 Å². The lowest BCUT2D eigenvalue weighted by Crippen LogP contribution is -2.24. The lowest BCUT2D eigenvalue weighted by Gasteiger charge is -2.17. The number of anilines is 2. The summed E-state index contributed by atoms with van der Waals surface area (Å²) in [6.45, 7) is 1.25. The molecule has 9 heteroatoms. The lowest BCUT2D eigenvalue weighted by molar-refractivity contribution is 0.0996. The minimum Gasteiger partial charge on any atom is -0.493 e. The van der Waals surface area contributed by atoms with Crippen molar-refractivity contribution in [2.45, 2.75) is 19.5 Å². The highest BCUT2D eigenvalue weighted by Crippen LogP contribution is 2.32. The van der Waals surface area contributed by atoms with Crippen LogP contribution in [0, 0.1) is 5.82 Å². The Morgan fingerprint density at radius 1 is 1.19 bits per heavy atom. The maximum atomic E-state index is 14.5. The summed E-state index contributed by atoms with van der Waals surface area (Å²) in [4.78, 5) is 19.0. The maximum absolute atomic E-state index is 14.5. The van der Waals surface area contributed by atoms with Gasteiger partial charge in [0.2, 0.25) is 5.95 Å². The van der Waals surface area contributed by atoms with Crippen LogP contribution in [0.3, 0.4) is 0 Å². The van der Waals surface area contributed by atoms with Crippen molar-refractivity contribution in [3.8, 4) is 5.75 Å². The van der Waals surface area contributed by atoms with Gasteiger partial charge in [0.15, 0.2) is 5.65 Å². The van der Waals surface area contributed by atoms with Crippen molar-refractivity contribution in [1.82, 2.24) is 19.6 Å². The number of carbonyl (C=O) groups is 1. The predicted molar refractivity (Wildman–Crippen MR) is 111 cm³/mol. The Bertz CT molecular complexity index is 1350.